The minimum atomic E-state index is 0.514. The van der Waals surface area contributed by atoms with E-state index in [2.05, 4.69) is 25.5 Å². The van der Waals surface area contributed by atoms with Gasteiger partial charge in [0.25, 0.3) is 0 Å². The van der Waals surface area contributed by atoms with Gasteiger partial charge >= 0.3 is 0 Å². The Morgan fingerprint density at radius 3 is 2.96 bits per heavy atom. The van der Waals surface area contributed by atoms with Gasteiger partial charge in [0.15, 0.2) is 5.96 Å². The molecule has 0 bridgehead atoms. The van der Waals surface area contributed by atoms with Gasteiger partial charge in [0.2, 0.25) is 0 Å². The van der Waals surface area contributed by atoms with E-state index in [-0.39, 0.29) is 0 Å². The van der Waals surface area contributed by atoms with Crippen LogP contribution in [0.3, 0.4) is 0 Å². The molecule has 1 atom stereocenters. The third-order valence-electron chi connectivity index (χ3n) is 3.64. The summed E-state index contributed by atoms with van der Waals surface area (Å²) in [7, 11) is 3.83. The Morgan fingerprint density at radius 2 is 2.30 bits per heavy atom. The minimum absolute atomic E-state index is 0.514. The zero-order chi connectivity index (χ0) is 16.7. The average Bonchev–Trinajstić information content (AvgIpc) is 3.02. The number of anilines is 1. The van der Waals surface area contributed by atoms with Gasteiger partial charge in [0.05, 0.1) is 16.7 Å². The summed E-state index contributed by atoms with van der Waals surface area (Å²) in [6.07, 6.45) is 2.68. The average molecular weight is 360 g/mol. The second-order valence-corrected chi connectivity index (χ2v) is 6.34. The van der Waals surface area contributed by atoms with Crippen LogP contribution >= 0.6 is 23.2 Å². The standard InChI is InChI=1S/C15H23Cl2N5O/c1-18-15(22(2)9-11-3-6-23-10-11)20-5-4-19-14-13(17)7-12(16)8-21-14/h7-8,11H,3-6,9-10H2,1-2H3,(H,18,20)(H,19,21). The Labute approximate surface area is 147 Å². The highest BCUT2D eigenvalue weighted by Crippen LogP contribution is 2.22. The minimum Gasteiger partial charge on any atom is -0.381 e. The highest BCUT2D eigenvalue weighted by Gasteiger charge is 2.18. The van der Waals surface area contributed by atoms with Gasteiger partial charge in [0.1, 0.15) is 5.82 Å². The second-order valence-electron chi connectivity index (χ2n) is 5.49. The Hall–Kier alpha value is -1.24. The van der Waals surface area contributed by atoms with Gasteiger partial charge in [-0.3, -0.25) is 4.99 Å². The summed E-state index contributed by atoms with van der Waals surface area (Å²) >= 11 is 11.9. The fourth-order valence-corrected chi connectivity index (χ4v) is 2.93. The molecule has 1 unspecified atom stereocenters. The van der Waals surface area contributed by atoms with Crippen molar-refractivity contribution in [3.63, 3.8) is 0 Å². The Morgan fingerprint density at radius 1 is 1.48 bits per heavy atom. The van der Waals surface area contributed by atoms with Crippen molar-refractivity contribution in [2.24, 2.45) is 10.9 Å². The number of guanidine groups is 1. The van der Waals surface area contributed by atoms with Crippen molar-refractivity contribution >= 4 is 35.0 Å². The first-order chi connectivity index (χ1) is 11.1. The van der Waals surface area contributed by atoms with Crippen LogP contribution in [0.2, 0.25) is 10.0 Å². The van der Waals surface area contributed by atoms with E-state index in [1.807, 2.05) is 7.05 Å². The van der Waals surface area contributed by atoms with Crippen molar-refractivity contribution in [2.75, 3.05) is 52.3 Å². The summed E-state index contributed by atoms with van der Waals surface area (Å²) in [5, 5.41) is 7.53. The van der Waals surface area contributed by atoms with E-state index in [1.54, 1.807) is 19.3 Å². The largest absolute Gasteiger partial charge is 0.381 e. The number of nitrogens with zero attached hydrogens (tertiary/aromatic N) is 3. The number of pyridine rings is 1. The molecule has 128 valence electrons. The molecular weight excluding hydrogens is 337 g/mol. The van der Waals surface area contributed by atoms with E-state index in [1.165, 1.54) is 0 Å². The molecule has 2 rings (SSSR count). The van der Waals surface area contributed by atoms with E-state index < -0.39 is 0 Å². The summed E-state index contributed by atoms with van der Waals surface area (Å²) in [5.41, 5.74) is 0. The van der Waals surface area contributed by atoms with Gasteiger partial charge < -0.3 is 20.3 Å². The quantitative estimate of drug-likeness (QED) is 0.463. The molecule has 0 radical (unpaired) electrons. The molecule has 1 aromatic heterocycles. The molecule has 2 heterocycles. The molecule has 0 aromatic carbocycles. The summed E-state index contributed by atoms with van der Waals surface area (Å²) in [4.78, 5) is 10.6. The fraction of sp³-hybridized carbons (Fsp3) is 0.600. The smallest absolute Gasteiger partial charge is 0.193 e. The fourth-order valence-electron chi connectivity index (χ4n) is 2.49. The number of hydrogen-bond donors (Lipinski definition) is 2. The van der Waals surface area contributed by atoms with Crippen molar-refractivity contribution in [2.45, 2.75) is 6.42 Å². The Kier molecular flexibility index (Phi) is 7.20. The van der Waals surface area contributed by atoms with E-state index in [9.17, 15) is 0 Å². The number of ether oxygens (including phenoxy) is 1. The molecule has 1 saturated heterocycles. The summed E-state index contributed by atoms with van der Waals surface area (Å²) in [5.74, 6) is 2.08. The molecule has 1 aliphatic heterocycles. The van der Waals surface area contributed by atoms with Crippen LogP contribution in [0.1, 0.15) is 6.42 Å². The molecule has 8 heteroatoms. The molecule has 2 N–H and O–H groups in total. The van der Waals surface area contributed by atoms with E-state index in [0.717, 1.165) is 32.1 Å². The maximum Gasteiger partial charge on any atom is 0.193 e. The number of aliphatic imine (C=N–C) groups is 1. The van der Waals surface area contributed by atoms with Crippen LogP contribution in [0.5, 0.6) is 0 Å². The Bertz CT molecular complexity index is 535. The van der Waals surface area contributed by atoms with Gasteiger partial charge in [0, 0.05) is 52.5 Å². The first-order valence-corrected chi connectivity index (χ1v) is 8.40. The van der Waals surface area contributed by atoms with Crippen LogP contribution in [-0.2, 0) is 4.74 Å². The van der Waals surface area contributed by atoms with Crippen LogP contribution in [0.15, 0.2) is 17.3 Å². The lowest BCUT2D eigenvalue weighted by Gasteiger charge is -2.24. The van der Waals surface area contributed by atoms with Crippen LogP contribution in [0, 0.1) is 5.92 Å². The van der Waals surface area contributed by atoms with Crippen molar-refractivity contribution in [1.29, 1.82) is 0 Å². The van der Waals surface area contributed by atoms with Gasteiger partial charge in [-0.25, -0.2) is 4.98 Å². The number of halogens is 2. The van der Waals surface area contributed by atoms with Crippen molar-refractivity contribution in [1.82, 2.24) is 15.2 Å². The number of aromatic nitrogens is 1. The molecule has 0 aliphatic carbocycles. The molecule has 0 saturated carbocycles. The molecular formula is C15H23Cl2N5O. The van der Waals surface area contributed by atoms with Crippen molar-refractivity contribution in [3.05, 3.63) is 22.3 Å². The SMILES string of the molecule is CN=C(NCCNc1ncc(Cl)cc1Cl)N(C)CC1CCOC1. The van der Waals surface area contributed by atoms with Crippen LogP contribution in [-0.4, -0.2) is 62.8 Å². The molecule has 6 nitrogen and oxygen atoms in total. The molecule has 1 aliphatic rings. The summed E-state index contributed by atoms with van der Waals surface area (Å²) in [6, 6.07) is 1.67. The van der Waals surface area contributed by atoms with Gasteiger partial charge in [-0.2, -0.15) is 0 Å². The third-order valence-corrected chi connectivity index (χ3v) is 4.13. The highest BCUT2D eigenvalue weighted by atomic mass is 35.5. The first kappa shape index (κ1) is 18.1. The maximum atomic E-state index is 6.07. The molecule has 1 aromatic rings. The summed E-state index contributed by atoms with van der Waals surface area (Å²) < 4.78 is 5.41. The lowest BCUT2D eigenvalue weighted by atomic mass is 10.1. The van der Waals surface area contributed by atoms with Gasteiger partial charge in [-0.05, 0) is 12.5 Å². The van der Waals surface area contributed by atoms with Crippen LogP contribution in [0.4, 0.5) is 5.82 Å². The molecule has 23 heavy (non-hydrogen) atoms. The van der Waals surface area contributed by atoms with Gasteiger partial charge in [-0.15, -0.1) is 0 Å². The van der Waals surface area contributed by atoms with Crippen LogP contribution in [0.25, 0.3) is 0 Å². The second kappa shape index (κ2) is 9.15. The predicted octanol–water partition coefficient (Wildman–Crippen LogP) is 2.34. The lowest BCUT2D eigenvalue weighted by molar-refractivity contribution is 0.181. The zero-order valence-electron chi connectivity index (χ0n) is 13.5. The van der Waals surface area contributed by atoms with Gasteiger partial charge in [-0.1, -0.05) is 23.2 Å². The number of nitrogens with one attached hydrogen (secondary N) is 2. The molecule has 0 amide bonds. The lowest BCUT2D eigenvalue weighted by Crippen LogP contribution is -2.43. The van der Waals surface area contributed by atoms with Crippen molar-refractivity contribution in [3.8, 4) is 0 Å². The van der Waals surface area contributed by atoms with E-state index in [0.29, 0.717) is 34.9 Å². The predicted molar refractivity (Wildman–Crippen MR) is 95.7 cm³/mol. The molecule has 0 spiro atoms. The Balaban J connectivity index is 1.72. The highest BCUT2D eigenvalue weighted by molar-refractivity contribution is 6.35. The number of rotatable bonds is 6. The summed E-state index contributed by atoms with van der Waals surface area (Å²) in [6.45, 7) is 4.02. The molecule has 1 fully saturated rings. The third kappa shape index (κ3) is 5.71. The topological polar surface area (TPSA) is 61.8 Å². The number of hydrogen-bond acceptors (Lipinski definition) is 4. The maximum absolute atomic E-state index is 6.07. The monoisotopic (exact) mass is 359 g/mol. The zero-order valence-corrected chi connectivity index (χ0v) is 15.0. The van der Waals surface area contributed by atoms with E-state index >= 15 is 0 Å². The van der Waals surface area contributed by atoms with Crippen molar-refractivity contribution < 1.29 is 4.74 Å². The van der Waals surface area contributed by atoms with Crippen LogP contribution < -0.4 is 10.6 Å². The first-order valence-electron chi connectivity index (χ1n) is 7.64. The normalized spacial score (nSPS) is 18.1. The van der Waals surface area contributed by atoms with E-state index in [4.69, 9.17) is 27.9 Å².